The summed E-state index contributed by atoms with van der Waals surface area (Å²) in [5.41, 5.74) is 0.258. The summed E-state index contributed by atoms with van der Waals surface area (Å²) in [6, 6.07) is 6.55. The third-order valence-electron chi connectivity index (χ3n) is 4.01. The molecule has 1 aliphatic rings. The van der Waals surface area contributed by atoms with Crippen molar-refractivity contribution in [3.05, 3.63) is 29.8 Å². The normalized spacial score (nSPS) is 17.5. The number of ether oxygens (including phenoxy) is 2. The number of amides is 1. The van der Waals surface area contributed by atoms with Crippen LogP contribution in [0.15, 0.2) is 29.3 Å². The number of nitrogens with one attached hydrogen (secondary N) is 3. The van der Waals surface area contributed by atoms with Crippen LogP contribution >= 0.6 is 24.0 Å². The van der Waals surface area contributed by atoms with Crippen molar-refractivity contribution in [1.82, 2.24) is 16.0 Å². The minimum atomic E-state index is -0.318. The van der Waals surface area contributed by atoms with E-state index in [1.807, 2.05) is 13.8 Å². The van der Waals surface area contributed by atoms with Crippen molar-refractivity contribution < 1.29 is 19.4 Å². The van der Waals surface area contributed by atoms with Gasteiger partial charge in [0.05, 0.1) is 31.4 Å². The SMILES string of the molecule is CCNC(=NCCNC(=O)c1ccccc1O)NC(C)COC1CCOC1.I. The second-order valence-corrected chi connectivity index (χ2v) is 6.40. The number of aromatic hydroxyl groups is 1. The maximum Gasteiger partial charge on any atom is 0.255 e. The van der Waals surface area contributed by atoms with Crippen molar-refractivity contribution in [2.75, 3.05) is 39.5 Å². The molecule has 158 valence electrons. The molecule has 1 amide bonds. The van der Waals surface area contributed by atoms with Crippen LogP contribution in [0, 0.1) is 0 Å². The number of carbonyl (C=O) groups excluding carboxylic acids is 1. The van der Waals surface area contributed by atoms with Crippen LogP contribution in [0.1, 0.15) is 30.6 Å². The van der Waals surface area contributed by atoms with Gasteiger partial charge in [-0.3, -0.25) is 9.79 Å². The highest BCUT2D eigenvalue weighted by Crippen LogP contribution is 2.14. The van der Waals surface area contributed by atoms with Crippen LogP contribution in [0.2, 0.25) is 0 Å². The van der Waals surface area contributed by atoms with Crippen molar-refractivity contribution in [3.63, 3.8) is 0 Å². The highest BCUT2D eigenvalue weighted by molar-refractivity contribution is 14.0. The molecule has 1 heterocycles. The summed E-state index contributed by atoms with van der Waals surface area (Å²) >= 11 is 0. The lowest BCUT2D eigenvalue weighted by molar-refractivity contribution is 0.0347. The minimum absolute atomic E-state index is 0. The highest BCUT2D eigenvalue weighted by atomic mass is 127. The quantitative estimate of drug-likeness (QED) is 0.175. The van der Waals surface area contributed by atoms with E-state index in [4.69, 9.17) is 9.47 Å². The van der Waals surface area contributed by atoms with Crippen molar-refractivity contribution in [3.8, 4) is 5.75 Å². The van der Waals surface area contributed by atoms with Gasteiger partial charge < -0.3 is 30.5 Å². The Morgan fingerprint density at radius 1 is 1.39 bits per heavy atom. The van der Waals surface area contributed by atoms with Gasteiger partial charge in [0.15, 0.2) is 5.96 Å². The average Bonchev–Trinajstić information content (AvgIpc) is 3.17. The smallest absolute Gasteiger partial charge is 0.255 e. The van der Waals surface area contributed by atoms with E-state index in [2.05, 4.69) is 20.9 Å². The predicted octanol–water partition coefficient (Wildman–Crippen LogP) is 1.49. The number of nitrogens with zero attached hydrogens (tertiary/aromatic N) is 1. The Hall–Kier alpha value is -1.59. The van der Waals surface area contributed by atoms with E-state index < -0.39 is 0 Å². The van der Waals surface area contributed by atoms with E-state index in [1.165, 1.54) is 6.07 Å². The minimum Gasteiger partial charge on any atom is -0.507 e. The Kier molecular flexibility index (Phi) is 11.8. The molecule has 0 bridgehead atoms. The van der Waals surface area contributed by atoms with E-state index in [0.29, 0.717) is 32.3 Å². The van der Waals surface area contributed by atoms with E-state index in [0.717, 1.165) is 19.6 Å². The molecule has 1 saturated heterocycles. The Morgan fingerprint density at radius 3 is 2.86 bits per heavy atom. The van der Waals surface area contributed by atoms with Gasteiger partial charge in [-0.1, -0.05) is 12.1 Å². The van der Waals surface area contributed by atoms with E-state index in [1.54, 1.807) is 18.2 Å². The molecule has 4 N–H and O–H groups in total. The summed E-state index contributed by atoms with van der Waals surface area (Å²) < 4.78 is 11.1. The summed E-state index contributed by atoms with van der Waals surface area (Å²) in [5, 5.41) is 18.9. The summed E-state index contributed by atoms with van der Waals surface area (Å²) in [7, 11) is 0. The van der Waals surface area contributed by atoms with Crippen molar-refractivity contribution in [2.24, 2.45) is 4.99 Å². The second kappa shape index (κ2) is 13.6. The topological polar surface area (TPSA) is 104 Å². The molecule has 9 heteroatoms. The number of rotatable bonds is 9. The monoisotopic (exact) mass is 506 g/mol. The second-order valence-electron chi connectivity index (χ2n) is 6.40. The number of halogens is 1. The molecule has 1 aliphatic heterocycles. The van der Waals surface area contributed by atoms with Crippen LogP contribution < -0.4 is 16.0 Å². The first-order valence-electron chi connectivity index (χ1n) is 9.40. The van der Waals surface area contributed by atoms with Gasteiger partial charge in [-0.15, -0.1) is 24.0 Å². The summed E-state index contributed by atoms with van der Waals surface area (Å²) in [6.07, 6.45) is 1.12. The number of benzene rings is 1. The van der Waals surface area contributed by atoms with Crippen molar-refractivity contribution >= 4 is 35.8 Å². The van der Waals surface area contributed by atoms with Crippen molar-refractivity contribution in [1.29, 1.82) is 0 Å². The van der Waals surface area contributed by atoms with Crippen LogP contribution in [-0.2, 0) is 9.47 Å². The lowest BCUT2D eigenvalue weighted by Crippen LogP contribution is -2.45. The lowest BCUT2D eigenvalue weighted by Gasteiger charge is -2.19. The fraction of sp³-hybridized carbons (Fsp3) is 0.579. The van der Waals surface area contributed by atoms with Gasteiger partial charge in [-0.2, -0.15) is 0 Å². The molecule has 0 radical (unpaired) electrons. The Morgan fingerprint density at radius 2 is 2.18 bits per heavy atom. The third kappa shape index (κ3) is 8.61. The molecule has 1 fully saturated rings. The molecule has 1 aromatic carbocycles. The first-order chi connectivity index (χ1) is 13.1. The zero-order chi connectivity index (χ0) is 19.5. The number of hydrogen-bond acceptors (Lipinski definition) is 5. The molecular weight excluding hydrogens is 475 g/mol. The summed E-state index contributed by atoms with van der Waals surface area (Å²) in [6.45, 7) is 7.55. The number of guanidine groups is 1. The molecule has 2 unspecified atom stereocenters. The van der Waals surface area contributed by atoms with Gasteiger partial charge in [-0.25, -0.2) is 0 Å². The first kappa shape index (κ1) is 24.4. The van der Waals surface area contributed by atoms with Crippen LogP contribution in [0.5, 0.6) is 5.75 Å². The standard InChI is InChI=1S/C19H30N4O4.HI/c1-3-20-19(23-14(2)12-27-15-8-11-26-13-15)22-10-9-21-18(25)16-6-4-5-7-17(16)24;/h4-7,14-15,24H,3,8-13H2,1-2H3,(H,21,25)(H2,20,22,23);1H. The molecule has 1 aromatic rings. The molecule has 0 aliphatic carbocycles. The van der Waals surface area contributed by atoms with E-state index in [9.17, 15) is 9.90 Å². The summed E-state index contributed by atoms with van der Waals surface area (Å²) in [4.78, 5) is 16.5. The molecule has 2 rings (SSSR count). The van der Waals surface area contributed by atoms with Gasteiger partial charge in [-0.05, 0) is 32.4 Å². The van der Waals surface area contributed by atoms with Gasteiger partial charge in [0, 0.05) is 25.7 Å². The maximum atomic E-state index is 12.0. The third-order valence-corrected chi connectivity index (χ3v) is 4.01. The molecule has 0 spiro atoms. The number of phenolic OH excluding ortho intramolecular Hbond substituents is 1. The van der Waals surface area contributed by atoms with Gasteiger partial charge in [0.1, 0.15) is 5.75 Å². The molecule has 0 saturated carbocycles. The van der Waals surface area contributed by atoms with E-state index in [-0.39, 0.29) is 53.3 Å². The fourth-order valence-corrected chi connectivity index (χ4v) is 2.62. The number of hydrogen-bond donors (Lipinski definition) is 4. The van der Waals surface area contributed by atoms with Crippen LogP contribution in [0.25, 0.3) is 0 Å². The van der Waals surface area contributed by atoms with Crippen molar-refractivity contribution in [2.45, 2.75) is 32.4 Å². The summed E-state index contributed by atoms with van der Waals surface area (Å²) in [5.74, 6) is 0.324. The van der Waals surface area contributed by atoms with Crippen LogP contribution in [-0.4, -0.2) is 68.6 Å². The van der Waals surface area contributed by atoms with Crippen LogP contribution in [0.3, 0.4) is 0 Å². The lowest BCUT2D eigenvalue weighted by atomic mass is 10.2. The van der Waals surface area contributed by atoms with Gasteiger partial charge in [0.25, 0.3) is 5.91 Å². The van der Waals surface area contributed by atoms with E-state index >= 15 is 0 Å². The van der Waals surface area contributed by atoms with Gasteiger partial charge in [0.2, 0.25) is 0 Å². The first-order valence-corrected chi connectivity index (χ1v) is 9.40. The zero-order valence-electron chi connectivity index (χ0n) is 16.4. The Labute approximate surface area is 183 Å². The number of aliphatic imine (C=N–C) groups is 1. The molecule has 8 nitrogen and oxygen atoms in total. The molecular formula is C19H31IN4O4. The number of phenols is 1. The predicted molar refractivity (Wildman–Crippen MR) is 120 cm³/mol. The maximum absolute atomic E-state index is 12.0. The number of para-hydroxylation sites is 1. The molecule has 28 heavy (non-hydrogen) atoms. The fourth-order valence-electron chi connectivity index (χ4n) is 2.62. The van der Waals surface area contributed by atoms with Gasteiger partial charge >= 0.3 is 0 Å². The Balaban J connectivity index is 0.00000392. The molecule has 0 aromatic heterocycles. The number of carbonyl (C=O) groups is 1. The van der Waals surface area contributed by atoms with Crippen LogP contribution in [0.4, 0.5) is 0 Å². The highest BCUT2D eigenvalue weighted by Gasteiger charge is 2.17. The largest absolute Gasteiger partial charge is 0.507 e. The zero-order valence-corrected chi connectivity index (χ0v) is 18.8. The molecule has 2 atom stereocenters. The average molecular weight is 506 g/mol. The Bertz CT molecular complexity index is 624.